The van der Waals surface area contributed by atoms with Gasteiger partial charge < -0.3 is 15.4 Å². The maximum Gasteiger partial charge on any atom is 0.0245 e. The molecule has 0 radical (unpaired) electrons. The molecule has 0 aromatic rings. The number of allylic oxidation sites excluding steroid dienone is 4. The molecule has 0 aromatic carbocycles. The lowest BCUT2D eigenvalue weighted by atomic mass is 10.0. The highest BCUT2D eigenvalue weighted by Crippen LogP contribution is 2.27. The summed E-state index contributed by atoms with van der Waals surface area (Å²) in [5.41, 5.74) is 1.45. The Morgan fingerprint density at radius 3 is 3.27 bits per heavy atom. The third-order valence-electron chi connectivity index (χ3n) is 1.52. The molecule has 0 spiro atoms. The summed E-state index contributed by atoms with van der Waals surface area (Å²) in [6.45, 7) is 0. The van der Waals surface area contributed by atoms with E-state index >= 15 is 0 Å². The van der Waals surface area contributed by atoms with Crippen molar-refractivity contribution in [3.63, 3.8) is 0 Å². The van der Waals surface area contributed by atoms with Crippen LogP contribution < -0.4 is 0 Å². The summed E-state index contributed by atoms with van der Waals surface area (Å²) >= 11 is 0. The topological polar surface area (TPSA) is 46.7 Å². The first-order chi connectivity index (χ1) is 5.38. The van der Waals surface area contributed by atoms with Crippen LogP contribution in [0.25, 0.3) is 5.32 Å². The molecule has 2 aliphatic rings. The molecule has 56 valence electrons. The van der Waals surface area contributed by atoms with Crippen molar-refractivity contribution in [2.24, 2.45) is 4.99 Å². The van der Waals surface area contributed by atoms with Crippen LogP contribution in [0.15, 0.2) is 40.4 Å². The Kier molecular flexibility index (Phi) is 1.22. The summed E-state index contributed by atoms with van der Waals surface area (Å²) < 4.78 is 0. The van der Waals surface area contributed by atoms with Gasteiger partial charge in [0, 0.05) is 5.88 Å². The van der Waals surface area contributed by atoms with Gasteiger partial charge in [-0.3, -0.25) is 0 Å². The molecular weight excluding hydrogens is 140 g/mol. The summed E-state index contributed by atoms with van der Waals surface area (Å²) in [6.07, 6.45) is 8.67. The van der Waals surface area contributed by atoms with Gasteiger partial charge in [-0.05, 0) is 0 Å². The minimum Gasteiger partial charge on any atom is -0.556 e. The number of aliphatic imine (C=N–C) groups is 1. The molecule has 3 heteroatoms. The summed E-state index contributed by atoms with van der Waals surface area (Å²) in [5, 5.41) is 13.2. The first-order valence-electron chi connectivity index (χ1n) is 3.26. The lowest BCUT2D eigenvalue weighted by Gasteiger charge is -2.32. The Bertz CT molecular complexity index is 297. The molecule has 1 aliphatic carbocycles. The smallest absolute Gasteiger partial charge is 0.0245 e. The van der Waals surface area contributed by atoms with E-state index < -0.39 is 0 Å². The normalized spacial score (nSPS) is 20.2. The van der Waals surface area contributed by atoms with Crippen molar-refractivity contribution >= 4 is 6.34 Å². The predicted octanol–water partition coefficient (Wildman–Crippen LogP) is 1.83. The second-order valence-electron chi connectivity index (χ2n) is 2.21. The van der Waals surface area contributed by atoms with Crippen molar-refractivity contribution in [3.05, 3.63) is 47.1 Å². The van der Waals surface area contributed by atoms with Gasteiger partial charge >= 0.3 is 0 Å². The van der Waals surface area contributed by atoms with Crippen LogP contribution in [0, 0.1) is 6.42 Å². The van der Waals surface area contributed by atoms with Gasteiger partial charge in [0.05, 0.1) is 0 Å². The molecular formula is C8H6N2O-2. The first kappa shape index (κ1) is 6.09. The average Bonchev–Trinajstić information content (AvgIpc) is 2.06. The number of hydrogen-bond donors (Lipinski definition) is 1. The maximum atomic E-state index is 9.22. The minimum absolute atomic E-state index is 0.0376. The minimum atomic E-state index is 0.0376. The molecule has 3 nitrogen and oxygen atoms in total. The van der Waals surface area contributed by atoms with Gasteiger partial charge in [-0.1, -0.05) is 0 Å². The van der Waals surface area contributed by atoms with E-state index in [9.17, 15) is 5.11 Å². The van der Waals surface area contributed by atoms with Crippen LogP contribution in [0.2, 0.25) is 0 Å². The molecule has 0 amide bonds. The van der Waals surface area contributed by atoms with E-state index in [1.54, 1.807) is 6.42 Å². The van der Waals surface area contributed by atoms with Gasteiger partial charge in [0.2, 0.25) is 0 Å². The number of aliphatic hydroxyl groups is 1. The van der Waals surface area contributed by atoms with Crippen molar-refractivity contribution in [1.29, 1.82) is 0 Å². The second-order valence-corrected chi connectivity index (χ2v) is 2.21. The molecule has 1 heterocycles. The fourth-order valence-electron chi connectivity index (χ4n) is 0.991. The van der Waals surface area contributed by atoms with Gasteiger partial charge in [0.15, 0.2) is 0 Å². The third kappa shape index (κ3) is 0.902. The van der Waals surface area contributed by atoms with Crippen LogP contribution in [-0.4, -0.2) is 11.4 Å². The van der Waals surface area contributed by atoms with E-state index in [-0.39, 0.29) is 5.88 Å². The zero-order valence-electron chi connectivity index (χ0n) is 5.73. The van der Waals surface area contributed by atoms with E-state index in [1.165, 1.54) is 6.34 Å². The second kappa shape index (κ2) is 2.20. The molecule has 0 unspecified atom stereocenters. The molecule has 0 fully saturated rings. The van der Waals surface area contributed by atoms with Crippen LogP contribution in [0.5, 0.6) is 0 Å². The summed E-state index contributed by atoms with van der Waals surface area (Å²) in [7, 11) is 0. The van der Waals surface area contributed by atoms with Gasteiger partial charge in [0.1, 0.15) is 0 Å². The number of nitrogens with zero attached hydrogens (tertiary/aromatic N) is 2. The highest BCUT2D eigenvalue weighted by molar-refractivity contribution is 5.82. The monoisotopic (exact) mass is 146 g/mol. The third-order valence-corrected chi connectivity index (χ3v) is 1.52. The lowest BCUT2D eigenvalue weighted by molar-refractivity contribution is 0.402. The Morgan fingerprint density at radius 2 is 2.45 bits per heavy atom. The maximum absolute atomic E-state index is 9.22. The van der Waals surface area contributed by atoms with E-state index in [0.717, 1.165) is 5.70 Å². The molecule has 11 heavy (non-hydrogen) atoms. The summed E-state index contributed by atoms with van der Waals surface area (Å²) in [4.78, 5) is 3.65. The summed E-state index contributed by atoms with van der Waals surface area (Å²) in [5.74, 6) is 0.0376. The molecule has 0 saturated heterocycles. The highest BCUT2D eigenvalue weighted by atomic mass is 16.3. The number of rotatable bonds is 0. The predicted molar refractivity (Wildman–Crippen MR) is 43.0 cm³/mol. The van der Waals surface area contributed by atoms with E-state index in [2.05, 4.69) is 10.3 Å². The molecule has 0 saturated carbocycles. The van der Waals surface area contributed by atoms with E-state index in [4.69, 9.17) is 0 Å². The van der Waals surface area contributed by atoms with Gasteiger partial charge in [-0.25, -0.2) is 0 Å². The van der Waals surface area contributed by atoms with Gasteiger partial charge in [-0.15, -0.1) is 42.3 Å². The van der Waals surface area contributed by atoms with Gasteiger partial charge in [-0.2, -0.15) is 0 Å². The van der Waals surface area contributed by atoms with Crippen LogP contribution in [0.4, 0.5) is 0 Å². The Balaban J connectivity index is 2.46. The number of fused-ring (bicyclic) bond motifs is 1. The fourth-order valence-corrected chi connectivity index (χ4v) is 0.991. The van der Waals surface area contributed by atoms with Crippen molar-refractivity contribution in [2.75, 3.05) is 0 Å². The molecule has 2 rings (SSSR count). The number of hydrogen-bond acceptors (Lipinski definition) is 2. The van der Waals surface area contributed by atoms with Crippen molar-refractivity contribution < 1.29 is 5.11 Å². The molecule has 1 N–H and O–H groups in total. The molecule has 0 atom stereocenters. The Labute approximate surface area is 64.5 Å². The van der Waals surface area contributed by atoms with Crippen molar-refractivity contribution in [3.8, 4) is 0 Å². The average molecular weight is 146 g/mol. The highest BCUT2D eigenvalue weighted by Gasteiger charge is 1.98. The van der Waals surface area contributed by atoms with E-state index in [1.807, 2.05) is 18.2 Å². The summed E-state index contributed by atoms with van der Waals surface area (Å²) in [6, 6.07) is 0. The van der Waals surface area contributed by atoms with Crippen LogP contribution in [-0.2, 0) is 0 Å². The Hall–Kier alpha value is -1.64. The molecule has 1 aliphatic heterocycles. The van der Waals surface area contributed by atoms with Gasteiger partial charge in [0.25, 0.3) is 0 Å². The van der Waals surface area contributed by atoms with Crippen molar-refractivity contribution in [2.45, 2.75) is 0 Å². The molecule has 0 bridgehead atoms. The molecule has 0 aromatic heterocycles. The lowest BCUT2D eigenvalue weighted by Crippen LogP contribution is -2.01. The first-order valence-corrected chi connectivity index (χ1v) is 3.26. The fraction of sp³-hybridized carbons (Fsp3) is 0. The standard InChI is InChI=1S/C8H6N2O/c11-8-6-3-1-2-4-7(6)9-5-10-8/h1-5H,(H-,9,10,11)/q-2. The zero-order valence-corrected chi connectivity index (χ0v) is 5.73. The largest absolute Gasteiger partial charge is 0.556 e. The number of aliphatic hydroxyl groups excluding tert-OH is 1. The van der Waals surface area contributed by atoms with Crippen LogP contribution >= 0.6 is 0 Å². The van der Waals surface area contributed by atoms with Crippen LogP contribution in [0.3, 0.4) is 0 Å². The Morgan fingerprint density at radius 1 is 1.55 bits per heavy atom. The zero-order chi connectivity index (χ0) is 7.68. The SMILES string of the molecule is OC1=C2[CH-]C=CC=C2[N-]C=N1. The van der Waals surface area contributed by atoms with Crippen molar-refractivity contribution in [1.82, 2.24) is 0 Å². The van der Waals surface area contributed by atoms with Crippen LogP contribution in [0.1, 0.15) is 0 Å². The quantitative estimate of drug-likeness (QED) is 0.520. The van der Waals surface area contributed by atoms with E-state index in [0.29, 0.717) is 5.57 Å².